The van der Waals surface area contributed by atoms with E-state index in [0.717, 1.165) is 24.6 Å². The van der Waals surface area contributed by atoms with E-state index < -0.39 is 22.1 Å². The van der Waals surface area contributed by atoms with Gasteiger partial charge in [0, 0.05) is 6.54 Å². The number of nitrogens with one attached hydrogen (secondary N) is 1. The van der Waals surface area contributed by atoms with Crippen LogP contribution in [0.4, 0.5) is 0 Å². The van der Waals surface area contributed by atoms with Crippen molar-refractivity contribution in [3.05, 3.63) is 28.8 Å². The van der Waals surface area contributed by atoms with Gasteiger partial charge in [-0.3, -0.25) is 0 Å². The molecule has 0 aliphatic rings. The van der Waals surface area contributed by atoms with Crippen molar-refractivity contribution < 1.29 is 23.4 Å². The predicted molar refractivity (Wildman–Crippen MR) is 74.5 cm³/mol. The first-order valence-corrected chi connectivity index (χ1v) is 7.84. The summed E-state index contributed by atoms with van der Waals surface area (Å²) in [5.74, 6) is -1.23. The first-order valence-electron chi connectivity index (χ1n) is 5.98. The molecule has 6 nitrogen and oxygen atoms in total. The number of carboxylic acids is 1. The molecule has 0 saturated heterocycles. The van der Waals surface area contributed by atoms with E-state index in [0.29, 0.717) is 6.42 Å². The fraction of sp³-hybridized carbons (Fsp3) is 0.417. The molecule has 0 fully saturated rings. The number of carboxylic acid groups (broad SMARTS) is 1. The molecule has 0 aliphatic carbocycles. The summed E-state index contributed by atoms with van der Waals surface area (Å²) in [6.45, 7) is 1.77. The van der Waals surface area contributed by atoms with Crippen molar-refractivity contribution in [1.29, 1.82) is 0 Å². The first-order chi connectivity index (χ1) is 9.27. The van der Waals surface area contributed by atoms with Gasteiger partial charge in [-0.2, -0.15) is 0 Å². The van der Waals surface area contributed by atoms with Crippen molar-refractivity contribution in [2.24, 2.45) is 0 Å². The first kappa shape index (κ1) is 16.9. The molecule has 20 heavy (non-hydrogen) atoms. The lowest BCUT2D eigenvalue weighted by molar-refractivity contribution is 0.0697. The van der Waals surface area contributed by atoms with Gasteiger partial charge in [-0.15, -0.1) is 0 Å². The molecule has 3 N–H and O–H groups in total. The monoisotopic (exact) mass is 321 g/mol. The lowest BCUT2D eigenvalue weighted by atomic mass is 10.2. The molecule has 0 amide bonds. The van der Waals surface area contributed by atoms with Crippen LogP contribution in [-0.4, -0.2) is 37.2 Å². The van der Waals surface area contributed by atoms with E-state index in [4.69, 9.17) is 16.7 Å². The van der Waals surface area contributed by atoms with Crippen molar-refractivity contribution in [2.75, 3.05) is 6.54 Å². The lowest BCUT2D eigenvalue weighted by Gasteiger charge is -2.11. The molecular formula is C12H16ClNO5S. The highest BCUT2D eigenvalue weighted by Gasteiger charge is 2.18. The molecule has 0 bridgehead atoms. The molecule has 1 unspecified atom stereocenters. The number of hydrogen-bond donors (Lipinski definition) is 3. The second-order valence-electron chi connectivity index (χ2n) is 4.24. The van der Waals surface area contributed by atoms with Crippen molar-refractivity contribution >= 4 is 27.6 Å². The van der Waals surface area contributed by atoms with Gasteiger partial charge in [0.15, 0.2) is 0 Å². The standard InChI is InChI=1S/C12H16ClNO5S/c1-2-3-8(15)7-14-20(18,19)9-4-5-10(12(16)17)11(13)6-9/h4-6,8,14-15H,2-3,7H2,1H3,(H,16,17). The van der Waals surface area contributed by atoms with Gasteiger partial charge in [0.1, 0.15) is 0 Å². The Hall–Kier alpha value is -1.15. The molecule has 1 rings (SSSR count). The van der Waals surface area contributed by atoms with Crippen LogP contribution in [0.2, 0.25) is 5.02 Å². The number of carbonyl (C=O) groups is 1. The summed E-state index contributed by atoms with van der Waals surface area (Å²) in [6, 6.07) is 3.35. The van der Waals surface area contributed by atoms with Gasteiger partial charge in [0.05, 0.1) is 21.6 Å². The van der Waals surface area contributed by atoms with Crippen LogP contribution in [0.3, 0.4) is 0 Å². The summed E-state index contributed by atoms with van der Waals surface area (Å²) in [5, 5.41) is 18.2. The third kappa shape index (κ3) is 4.45. The Morgan fingerprint density at radius 2 is 2.10 bits per heavy atom. The zero-order valence-corrected chi connectivity index (χ0v) is 12.4. The topological polar surface area (TPSA) is 104 Å². The van der Waals surface area contributed by atoms with Crippen LogP contribution >= 0.6 is 11.6 Å². The Morgan fingerprint density at radius 1 is 1.45 bits per heavy atom. The smallest absolute Gasteiger partial charge is 0.337 e. The molecule has 0 saturated carbocycles. The van der Waals surface area contributed by atoms with Crippen LogP contribution in [0.15, 0.2) is 23.1 Å². The summed E-state index contributed by atoms with van der Waals surface area (Å²) in [5.41, 5.74) is -0.170. The van der Waals surface area contributed by atoms with Crippen molar-refractivity contribution in [3.63, 3.8) is 0 Å². The summed E-state index contributed by atoms with van der Waals surface area (Å²) in [7, 11) is -3.83. The molecule has 1 aromatic rings. The summed E-state index contributed by atoms with van der Waals surface area (Å²) in [4.78, 5) is 10.6. The Labute approximate surface area is 122 Å². The Morgan fingerprint density at radius 3 is 2.60 bits per heavy atom. The Kier molecular flexibility index (Phi) is 5.94. The van der Waals surface area contributed by atoms with Gasteiger partial charge in [-0.1, -0.05) is 24.9 Å². The van der Waals surface area contributed by atoms with Crippen LogP contribution in [-0.2, 0) is 10.0 Å². The second-order valence-corrected chi connectivity index (χ2v) is 6.42. The molecular weight excluding hydrogens is 306 g/mol. The average Bonchev–Trinajstić information content (AvgIpc) is 2.36. The Balaban J connectivity index is 2.88. The zero-order chi connectivity index (χ0) is 15.3. The van der Waals surface area contributed by atoms with E-state index >= 15 is 0 Å². The SMILES string of the molecule is CCCC(O)CNS(=O)(=O)c1ccc(C(=O)O)c(Cl)c1. The quantitative estimate of drug-likeness (QED) is 0.705. The minimum Gasteiger partial charge on any atom is -0.478 e. The van der Waals surface area contributed by atoms with E-state index in [2.05, 4.69) is 4.72 Å². The minimum absolute atomic E-state index is 0.103. The van der Waals surface area contributed by atoms with Crippen LogP contribution in [0, 0.1) is 0 Å². The van der Waals surface area contributed by atoms with Gasteiger partial charge < -0.3 is 10.2 Å². The molecule has 1 atom stereocenters. The van der Waals surface area contributed by atoms with E-state index in [1.807, 2.05) is 6.92 Å². The fourth-order valence-electron chi connectivity index (χ4n) is 1.56. The molecule has 1 aromatic carbocycles. The number of benzene rings is 1. The Bertz CT molecular complexity index is 588. The highest BCUT2D eigenvalue weighted by Crippen LogP contribution is 2.20. The van der Waals surface area contributed by atoms with Crippen molar-refractivity contribution in [2.45, 2.75) is 30.8 Å². The van der Waals surface area contributed by atoms with Crippen molar-refractivity contribution in [1.82, 2.24) is 4.72 Å². The lowest BCUT2D eigenvalue weighted by Crippen LogP contribution is -2.32. The molecule has 0 radical (unpaired) electrons. The van der Waals surface area contributed by atoms with E-state index in [9.17, 15) is 18.3 Å². The number of aliphatic hydroxyl groups excluding tert-OH is 1. The van der Waals surface area contributed by atoms with Crippen molar-refractivity contribution in [3.8, 4) is 0 Å². The van der Waals surface area contributed by atoms with Gasteiger partial charge >= 0.3 is 5.97 Å². The largest absolute Gasteiger partial charge is 0.478 e. The van der Waals surface area contributed by atoms with Gasteiger partial charge in [-0.25, -0.2) is 17.9 Å². The number of hydrogen-bond acceptors (Lipinski definition) is 4. The zero-order valence-electron chi connectivity index (χ0n) is 10.8. The van der Waals surface area contributed by atoms with E-state index in [1.54, 1.807) is 0 Å². The summed E-state index contributed by atoms with van der Waals surface area (Å²) in [6.07, 6.45) is 0.465. The normalized spacial score (nSPS) is 13.2. The predicted octanol–water partition coefficient (Wildman–Crippen LogP) is 1.48. The number of rotatable bonds is 7. The molecule has 0 aliphatic heterocycles. The maximum atomic E-state index is 11.9. The highest BCUT2D eigenvalue weighted by molar-refractivity contribution is 7.89. The number of aliphatic hydroxyl groups is 1. The average molecular weight is 322 g/mol. The van der Waals surface area contributed by atoms with Gasteiger partial charge in [-0.05, 0) is 24.6 Å². The van der Waals surface area contributed by atoms with Gasteiger partial charge in [0.25, 0.3) is 0 Å². The van der Waals surface area contributed by atoms with E-state index in [1.165, 1.54) is 0 Å². The maximum Gasteiger partial charge on any atom is 0.337 e. The highest BCUT2D eigenvalue weighted by atomic mass is 35.5. The van der Waals surface area contributed by atoms with Crippen LogP contribution in [0.25, 0.3) is 0 Å². The number of aromatic carboxylic acids is 1. The summed E-state index contributed by atoms with van der Waals surface area (Å²) < 4.78 is 26.1. The third-order valence-corrected chi connectivity index (χ3v) is 4.35. The summed E-state index contributed by atoms with van der Waals surface area (Å²) >= 11 is 5.72. The van der Waals surface area contributed by atoms with Crippen LogP contribution in [0.5, 0.6) is 0 Å². The molecule has 0 aromatic heterocycles. The molecule has 112 valence electrons. The number of sulfonamides is 1. The molecule has 0 spiro atoms. The van der Waals surface area contributed by atoms with Crippen LogP contribution < -0.4 is 4.72 Å². The molecule has 8 heteroatoms. The van der Waals surface area contributed by atoms with Gasteiger partial charge in [0.2, 0.25) is 10.0 Å². The number of halogens is 1. The third-order valence-electron chi connectivity index (χ3n) is 2.61. The second kappa shape index (κ2) is 7.03. The minimum atomic E-state index is -3.83. The van der Waals surface area contributed by atoms with E-state index in [-0.39, 0.29) is 22.0 Å². The fourth-order valence-corrected chi connectivity index (χ4v) is 2.99. The van der Waals surface area contributed by atoms with Crippen LogP contribution in [0.1, 0.15) is 30.1 Å². The molecule has 0 heterocycles. The maximum absolute atomic E-state index is 11.9.